The van der Waals surface area contributed by atoms with E-state index in [2.05, 4.69) is 0 Å². The molecule has 2 fully saturated rings. The van der Waals surface area contributed by atoms with Crippen LogP contribution in [0.5, 0.6) is 0 Å². The molecule has 0 unspecified atom stereocenters. The molecule has 0 bridgehead atoms. The standard InChI is InChI=1S/C15H26N2O4/c1-13(2,3)21-12(20)17-6-4-14(5-7-17)9-15(16,10-14)8-11(18)19/h4-10,16H2,1-3H3,(H,18,19). The Morgan fingerprint density at radius 1 is 1.24 bits per heavy atom. The molecule has 120 valence electrons. The number of ether oxygens (including phenoxy) is 1. The molecule has 1 spiro atoms. The number of carboxylic acids is 1. The van der Waals surface area contributed by atoms with Gasteiger partial charge < -0.3 is 20.5 Å². The van der Waals surface area contributed by atoms with Gasteiger partial charge in [0.1, 0.15) is 5.60 Å². The van der Waals surface area contributed by atoms with Crippen LogP contribution in [0.25, 0.3) is 0 Å². The summed E-state index contributed by atoms with van der Waals surface area (Å²) in [5.74, 6) is -0.835. The first-order valence-corrected chi connectivity index (χ1v) is 7.51. The number of carboxylic acid groups (broad SMARTS) is 1. The molecule has 1 amide bonds. The van der Waals surface area contributed by atoms with E-state index in [1.165, 1.54) is 0 Å². The van der Waals surface area contributed by atoms with Crippen LogP contribution in [0.1, 0.15) is 52.9 Å². The highest BCUT2D eigenvalue weighted by atomic mass is 16.6. The topological polar surface area (TPSA) is 92.9 Å². The number of carbonyl (C=O) groups is 2. The third-order valence-corrected chi connectivity index (χ3v) is 4.43. The molecule has 1 aliphatic heterocycles. The number of aliphatic carboxylic acids is 1. The lowest BCUT2D eigenvalue weighted by Gasteiger charge is -2.57. The number of piperidine rings is 1. The van der Waals surface area contributed by atoms with Gasteiger partial charge in [0, 0.05) is 18.6 Å². The van der Waals surface area contributed by atoms with Gasteiger partial charge in [-0.05, 0) is 51.9 Å². The molecule has 0 atom stereocenters. The molecule has 0 aromatic rings. The lowest BCUT2D eigenvalue weighted by atomic mass is 9.53. The van der Waals surface area contributed by atoms with E-state index in [1.54, 1.807) is 4.90 Å². The van der Waals surface area contributed by atoms with Crippen molar-refractivity contribution in [1.82, 2.24) is 4.90 Å². The number of hydrogen-bond donors (Lipinski definition) is 2. The molecule has 3 N–H and O–H groups in total. The fraction of sp³-hybridized carbons (Fsp3) is 0.867. The summed E-state index contributed by atoms with van der Waals surface area (Å²) in [5.41, 5.74) is 5.20. The summed E-state index contributed by atoms with van der Waals surface area (Å²) in [6, 6.07) is 0. The Kier molecular flexibility index (Phi) is 3.95. The van der Waals surface area contributed by atoms with Crippen LogP contribution in [0.4, 0.5) is 4.79 Å². The van der Waals surface area contributed by atoms with Crippen LogP contribution in [-0.2, 0) is 9.53 Å². The summed E-state index contributed by atoms with van der Waals surface area (Å²) in [6.45, 7) is 6.90. The maximum Gasteiger partial charge on any atom is 0.410 e. The van der Waals surface area contributed by atoms with Crippen molar-refractivity contribution in [1.29, 1.82) is 0 Å². The van der Waals surface area contributed by atoms with Crippen molar-refractivity contribution in [2.75, 3.05) is 13.1 Å². The number of hydrogen-bond acceptors (Lipinski definition) is 4. The number of amides is 1. The molecule has 6 heteroatoms. The molecular weight excluding hydrogens is 272 g/mol. The molecule has 6 nitrogen and oxygen atoms in total. The zero-order valence-electron chi connectivity index (χ0n) is 13.1. The average Bonchev–Trinajstić information content (AvgIpc) is 2.24. The quantitative estimate of drug-likeness (QED) is 0.813. The van der Waals surface area contributed by atoms with E-state index >= 15 is 0 Å². The van der Waals surface area contributed by atoms with Gasteiger partial charge in [-0.3, -0.25) is 4.79 Å². The highest BCUT2D eigenvalue weighted by Crippen LogP contribution is 2.54. The van der Waals surface area contributed by atoms with E-state index in [4.69, 9.17) is 15.6 Å². The zero-order chi connectivity index (χ0) is 15.9. The van der Waals surface area contributed by atoms with Gasteiger partial charge in [0.05, 0.1) is 6.42 Å². The Morgan fingerprint density at radius 2 is 1.76 bits per heavy atom. The minimum Gasteiger partial charge on any atom is -0.481 e. The monoisotopic (exact) mass is 298 g/mol. The van der Waals surface area contributed by atoms with Crippen LogP contribution < -0.4 is 5.73 Å². The third-order valence-electron chi connectivity index (χ3n) is 4.43. The highest BCUT2D eigenvalue weighted by molar-refractivity contribution is 5.69. The normalized spacial score (nSPS) is 23.5. The van der Waals surface area contributed by atoms with Gasteiger partial charge in [0.2, 0.25) is 0 Å². The molecule has 1 saturated carbocycles. The van der Waals surface area contributed by atoms with E-state index in [0.717, 1.165) is 25.7 Å². The van der Waals surface area contributed by atoms with Crippen molar-refractivity contribution in [3.63, 3.8) is 0 Å². The van der Waals surface area contributed by atoms with Crippen molar-refractivity contribution >= 4 is 12.1 Å². The van der Waals surface area contributed by atoms with Gasteiger partial charge in [-0.1, -0.05) is 0 Å². The van der Waals surface area contributed by atoms with E-state index < -0.39 is 17.1 Å². The lowest BCUT2D eigenvalue weighted by Crippen LogP contribution is -2.62. The molecule has 0 aromatic carbocycles. The summed E-state index contributed by atoms with van der Waals surface area (Å²) in [4.78, 5) is 24.5. The summed E-state index contributed by atoms with van der Waals surface area (Å²) in [7, 11) is 0. The Labute approximate surface area is 125 Å². The highest BCUT2D eigenvalue weighted by Gasteiger charge is 2.54. The first-order valence-electron chi connectivity index (χ1n) is 7.51. The number of likely N-dealkylation sites (tertiary alicyclic amines) is 1. The second-order valence-corrected chi connectivity index (χ2v) is 7.75. The maximum absolute atomic E-state index is 12.0. The molecule has 1 saturated heterocycles. The predicted molar refractivity (Wildman–Crippen MR) is 77.9 cm³/mol. The number of rotatable bonds is 2. The molecule has 2 aliphatic rings. The van der Waals surface area contributed by atoms with Crippen molar-refractivity contribution in [2.24, 2.45) is 11.1 Å². The number of carbonyl (C=O) groups excluding carboxylic acids is 1. The van der Waals surface area contributed by atoms with E-state index in [-0.39, 0.29) is 17.9 Å². The largest absolute Gasteiger partial charge is 0.481 e. The summed E-state index contributed by atoms with van der Waals surface area (Å²) in [6.07, 6.45) is 3.02. The van der Waals surface area contributed by atoms with Crippen LogP contribution in [0.3, 0.4) is 0 Å². The molecule has 0 radical (unpaired) electrons. The maximum atomic E-state index is 12.0. The van der Waals surface area contributed by atoms with Crippen LogP contribution in [-0.4, -0.2) is 46.3 Å². The van der Waals surface area contributed by atoms with Crippen molar-refractivity contribution in [3.05, 3.63) is 0 Å². The Bertz CT molecular complexity index is 425. The van der Waals surface area contributed by atoms with E-state index in [0.29, 0.717) is 13.1 Å². The Morgan fingerprint density at radius 3 is 2.19 bits per heavy atom. The van der Waals surface area contributed by atoms with Gasteiger partial charge in [0.15, 0.2) is 0 Å². The number of nitrogens with two attached hydrogens (primary N) is 1. The van der Waals surface area contributed by atoms with Crippen LogP contribution >= 0.6 is 0 Å². The molecule has 2 rings (SSSR count). The third kappa shape index (κ3) is 3.87. The van der Waals surface area contributed by atoms with Crippen LogP contribution in [0.2, 0.25) is 0 Å². The van der Waals surface area contributed by atoms with E-state index in [1.807, 2.05) is 20.8 Å². The van der Waals surface area contributed by atoms with Crippen molar-refractivity contribution in [2.45, 2.75) is 64.0 Å². The average molecular weight is 298 g/mol. The minimum absolute atomic E-state index is 0.0323. The fourth-order valence-electron chi connectivity index (χ4n) is 3.71. The first kappa shape index (κ1) is 16.1. The first-order chi connectivity index (χ1) is 9.53. The smallest absolute Gasteiger partial charge is 0.410 e. The summed E-state index contributed by atoms with van der Waals surface area (Å²) < 4.78 is 5.38. The molecule has 1 heterocycles. The molecule has 1 aliphatic carbocycles. The second-order valence-electron chi connectivity index (χ2n) is 7.75. The van der Waals surface area contributed by atoms with Gasteiger partial charge >= 0.3 is 12.1 Å². The van der Waals surface area contributed by atoms with E-state index in [9.17, 15) is 9.59 Å². The lowest BCUT2D eigenvalue weighted by molar-refractivity contribution is -0.141. The molecular formula is C15H26N2O4. The van der Waals surface area contributed by atoms with Crippen molar-refractivity contribution in [3.8, 4) is 0 Å². The predicted octanol–water partition coefficient (Wildman–Crippen LogP) is 1.97. The van der Waals surface area contributed by atoms with Crippen LogP contribution in [0, 0.1) is 5.41 Å². The van der Waals surface area contributed by atoms with Gasteiger partial charge in [-0.25, -0.2) is 4.79 Å². The fourth-order valence-corrected chi connectivity index (χ4v) is 3.71. The summed E-state index contributed by atoms with van der Waals surface area (Å²) >= 11 is 0. The summed E-state index contributed by atoms with van der Waals surface area (Å²) in [5, 5.41) is 8.87. The second kappa shape index (κ2) is 5.16. The number of nitrogens with zero attached hydrogens (tertiary/aromatic N) is 1. The minimum atomic E-state index is -0.835. The Hall–Kier alpha value is -1.30. The molecule has 21 heavy (non-hydrogen) atoms. The van der Waals surface area contributed by atoms with Gasteiger partial charge in [0.25, 0.3) is 0 Å². The van der Waals surface area contributed by atoms with Crippen molar-refractivity contribution < 1.29 is 19.4 Å². The molecule has 0 aromatic heterocycles. The van der Waals surface area contributed by atoms with Crippen LogP contribution in [0.15, 0.2) is 0 Å². The van der Waals surface area contributed by atoms with Gasteiger partial charge in [-0.2, -0.15) is 0 Å². The Balaban J connectivity index is 1.82. The SMILES string of the molecule is CC(C)(C)OC(=O)N1CCC2(CC1)CC(N)(CC(=O)O)C2. The van der Waals surface area contributed by atoms with Gasteiger partial charge in [-0.15, -0.1) is 0 Å². The zero-order valence-corrected chi connectivity index (χ0v) is 13.1.